The number of anilines is 1. The Morgan fingerprint density at radius 3 is 2.64 bits per heavy atom. The Morgan fingerprint density at radius 1 is 1.04 bits per heavy atom. The first-order valence-electron chi connectivity index (χ1n) is 15.8. The van der Waals surface area contributed by atoms with Gasteiger partial charge in [-0.2, -0.15) is 9.97 Å². The van der Waals surface area contributed by atoms with E-state index >= 15 is 8.78 Å². The van der Waals surface area contributed by atoms with Crippen LogP contribution in [-0.4, -0.2) is 76.5 Å². The van der Waals surface area contributed by atoms with Gasteiger partial charge in [-0.1, -0.05) is 30.2 Å². The zero-order chi connectivity index (χ0) is 30.9. The van der Waals surface area contributed by atoms with Crippen molar-refractivity contribution in [2.24, 2.45) is 0 Å². The molecular formula is C35H34F3N5O2. The number of aliphatic hydroxyl groups is 1. The highest BCUT2D eigenvalue weighted by Crippen LogP contribution is 2.44. The maximum absolute atomic E-state index is 16.8. The van der Waals surface area contributed by atoms with Crippen LogP contribution in [-0.2, 0) is 0 Å². The number of aliphatic hydroxyl groups excluding tert-OH is 1. The molecular weight excluding hydrogens is 579 g/mol. The number of hydrogen-bond acceptors (Lipinski definition) is 7. The van der Waals surface area contributed by atoms with E-state index in [9.17, 15) is 9.50 Å². The van der Waals surface area contributed by atoms with Crippen LogP contribution in [0.5, 0.6) is 6.01 Å². The first-order valence-corrected chi connectivity index (χ1v) is 15.8. The molecule has 45 heavy (non-hydrogen) atoms. The second-order valence-corrected chi connectivity index (χ2v) is 13.0. The number of aromatic nitrogens is 2. The average Bonchev–Trinajstić information content (AvgIpc) is 3.72. The molecule has 4 aliphatic rings. The van der Waals surface area contributed by atoms with Crippen molar-refractivity contribution in [2.75, 3.05) is 37.7 Å². The van der Waals surface area contributed by atoms with Gasteiger partial charge in [-0.3, -0.25) is 4.90 Å². The lowest BCUT2D eigenvalue weighted by Crippen LogP contribution is -2.51. The average molecular weight is 614 g/mol. The Bertz CT molecular complexity index is 1870. The molecule has 0 radical (unpaired) electrons. The van der Waals surface area contributed by atoms with Gasteiger partial charge < -0.3 is 20.1 Å². The minimum Gasteiger partial charge on any atom is -0.461 e. The number of halogens is 3. The molecule has 5 heterocycles. The van der Waals surface area contributed by atoms with E-state index in [4.69, 9.17) is 16.1 Å². The molecule has 0 spiro atoms. The number of benzene rings is 3. The number of ether oxygens (including phenoxy) is 1. The van der Waals surface area contributed by atoms with Gasteiger partial charge in [-0.25, -0.2) is 13.2 Å². The molecule has 2 N–H and O–H groups in total. The minimum absolute atomic E-state index is 0.0294. The van der Waals surface area contributed by atoms with Crippen molar-refractivity contribution in [3.05, 3.63) is 59.4 Å². The van der Waals surface area contributed by atoms with Crippen molar-refractivity contribution in [3.63, 3.8) is 0 Å². The van der Waals surface area contributed by atoms with Gasteiger partial charge in [-0.15, -0.1) is 6.42 Å². The Morgan fingerprint density at radius 2 is 1.87 bits per heavy atom. The van der Waals surface area contributed by atoms with Crippen LogP contribution in [0.1, 0.15) is 44.1 Å². The van der Waals surface area contributed by atoms with Crippen molar-refractivity contribution < 1.29 is 23.0 Å². The molecule has 7 nitrogen and oxygen atoms in total. The number of rotatable bonds is 6. The van der Waals surface area contributed by atoms with Crippen LogP contribution in [0.2, 0.25) is 0 Å². The van der Waals surface area contributed by atoms with Gasteiger partial charge in [0.25, 0.3) is 0 Å². The van der Waals surface area contributed by atoms with Crippen LogP contribution >= 0.6 is 0 Å². The summed E-state index contributed by atoms with van der Waals surface area (Å²) in [7, 11) is 0. The van der Waals surface area contributed by atoms with Gasteiger partial charge in [0.05, 0.1) is 23.3 Å². The summed E-state index contributed by atoms with van der Waals surface area (Å²) in [4.78, 5) is 13.8. The summed E-state index contributed by atoms with van der Waals surface area (Å²) in [5.41, 5.74) is -0.516. The molecule has 0 saturated carbocycles. The van der Waals surface area contributed by atoms with Gasteiger partial charge in [0.15, 0.2) is 5.82 Å². The fourth-order valence-electron chi connectivity index (χ4n) is 8.39. The third kappa shape index (κ3) is 4.55. The molecule has 4 aromatic rings. The standard InChI is InChI=1S/C35H34F3N5O2/c1-2-24-27(36)10-7-20-5-3-6-25(29(20)24)30-28(37)15-26-32(31(30)38)40-34(41-33(26)42-16-21-8-9-22(17-42)39-21)45-19-35-12-4-14-43(35)23(18-44)11-13-35/h1,3,5-7,10,15,21-23,39,44H,4,8-9,11-14,16-19H2/t21?,22?,23-,35-/m0/s1. The van der Waals surface area contributed by atoms with E-state index in [1.54, 1.807) is 24.3 Å². The summed E-state index contributed by atoms with van der Waals surface area (Å²) in [6.45, 7) is 2.60. The molecule has 232 valence electrons. The van der Waals surface area contributed by atoms with Crippen LogP contribution in [0.4, 0.5) is 19.0 Å². The monoisotopic (exact) mass is 613 g/mol. The summed E-state index contributed by atoms with van der Waals surface area (Å²) in [6, 6.07) is 9.70. The molecule has 3 aromatic carbocycles. The van der Waals surface area contributed by atoms with Crippen molar-refractivity contribution in [3.8, 4) is 29.5 Å². The van der Waals surface area contributed by atoms with E-state index in [0.717, 1.165) is 45.1 Å². The van der Waals surface area contributed by atoms with E-state index < -0.39 is 17.5 Å². The molecule has 4 fully saturated rings. The molecule has 2 unspecified atom stereocenters. The molecule has 0 amide bonds. The van der Waals surface area contributed by atoms with Crippen molar-refractivity contribution in [1.29, 1.82) is 0 Å². The summed E-state index contributed by atoms with van der Waals surface area (Å²) in [6.07, 6.45) is 11.4. The molecule has 4 atom stereocenters. The SMILES string of the molecule is C#Cc1c(F)ccc2cccc(-c3c(F)cc4c(N5CC6CCC(C5)N6)nc(OC[C@@]56CCCN5[C@H](CO)CC6)nc4c3F)c12. The van der Waals surface area contributed by atoms with Crippen LogP contribution in [0.15, 0.2) is 36.4 Å². The Hall–Kier alpha value is -3.91. The van der Waals surface area contributed by atoms with E-state index in [1.165, 1.54) is 12.1 Å². The van der Waals surface area contributed by atoms with Crippen LogP contribution < -0.4 is 15.0 Å². The molecule has 8 rings (SSSR count). The normalized spacial score (nSPS) is 26.1. The third-order valence-corrected chi connectivity index (χ3v) is 10.5. The van der Waals surface area contributed by atoms with Gasteiger partial charge >= 0.3 is 6.01 Å². The maximum Gasteiger partial charge on any atom is 0.319 e. The van der Waals surface area contributed by atoms with Crippen molar-refractivity contribution >= 4 is 27.5 Å². The van der Waals surface area contributed by atoms with Crippen molar-refractivity contribution in [1.82, 2.24) is 20.2 Å². The third-order valence-electron chi connectivity index (χ3n) is 10.5. The Kier molecular flexibility index (Phi) is 6.89. The molecule has 2 bridgehead atoms. The summed E-state index contributed by atoms with van der Waals surface area (Å²) >= 11 is 0. The number of nitrogens with one attached hydrogen (secondary N) is 1. The molecule has 4 aliphatic heterocycles. The van der Waals surface area contributed by atoms with Crippen LogP contribution in [0.25, 0.3) is 32.8 Å². The van der Waals surface area contributed by atoms with Crippen LogP contribution in [0, 0.1) is 29.8 Å². The first kappa shape index (κ1) is 28.6. The zero-order valence-electron chi connectivity index (χ0n) is 24.8. The van der Waals surface area contributed by atoms with E-state index in [-0.39, 0.29) is 69.3 Å². The Balaban J connectivity index is 1.28. The lowest BCUT2D eigenvalue weighted by molar-refractivity contribution is 0.0644. The first-order chi connectivity index (χ1) is 21.9. The number of hydrogen-bond donors (Lipinski definition) is 2. The largest absolute Gasteiger partial charge is 0.461 e. The van der Waals surface area contributed by atoms with E-state index in [1.807, 2.05) is 0 Å². The number of terminal acetylenes is 1. The second kappa shape index (κ2) is 10.9. The van der Waals surface area contributed by atoms with Crippen LogP contribution in [0.3, 0.4) is 0 Å². The fourth-order valence-corrected chi connectivity index (χ4v) is 8.39. The highest BCUT2D eigenvalue weighted by atomic mass is 19.1. The number of nitrogens with zero attached hydrogens (tertiary/aromatic N) is 4. The quantitative estimate of drug-likeness (QED) is 0.291. The molecule has 1 aromatic heterocycles. The lowest BCUT2D eigenvalue weighted by Gasteiger charge is -2.35. The highest BCUT2D eigenvalue weighted by molar-refractivity contribution is 6.03. The summed E-state index contributed by atoms with van der Waals surface area (Å²) in [5, 5.41) is 14.6. The van der Waals surface area contributed by atoms with E-state index in [2.05, 4.69) is 26.0 Å². The maximum atomic E-state index is 16.8. The lowest BCUT2D eigenvalue weighted by atomic mass is 9.93. The van der Waals surface area contributed by atoms with Gasteiger partial charge in [0.1, 0.15) is 29.6 Å². The van der Waals surface area contributed by atoms with E-state index in [0.29, 0.717) is 30.9 Å². The molecule has 10 heteroatoms. The second-order valence-electron chi connectivity index (χ2n) is 13.0. The molecule has 4 saturated heterocycles. The number of piperazine rings is 1. The Labute approximate surface area is 259 Å². The predicted octanol–water partition coefficient (Wildman–Crippen LogP) is 5.16. The smallest absolute Gasteiger partial charge is 0.319 e. The van der Waals surface area contributed by atoms with Gasteiger partial charge in [0, 0.05) is 42.0 Å². The predicted molar refractivity (Wildman–Crippen MR) is 167 cm³/mol. The minimum atomic E-state index is -0.877. The molecule has 0 aliphatic carbocycles. The van der Waals surface area contributed by atoms with Gasteiger partial charge in [0.2, 0.25) is 0 Å². The fraction of sp³-hybridized carbons (Fsp3) is 0.429. The van der Waals surface area contributed by atoms with Gasteiger partial charge in [-0.05, 0) is 68.2 Å². The summed E-state index contributed by atoms with van der Waals surface area (Å²) < 4.78 is 54.1. The summed E-state index contributed by atoms with van der Waals surface area (Å²) in [5.74, 6) is 0.487. The van der Waals surface area contributed by atoms with Crippen molar-refractivity contribution in [2.45, 2.75) is 62.2 Å². The number of fused-ring (bicyclic) bond motifs is 5. The topological polar surface area (TPSA) is 73.8 Å². The zero-order valence-corrected chi connectivity index (χ0v) is 24.8. The highest BCUT2D eigenvalue weighted by Gasteiger charge is 2.49.